The monoisotopic (exact) mass is 234 g/mol. The fraction of sp³-hybridized carbons (Fsp3) is 0.800. The van der Waals surface area contributed by atoms with Crippen molar-refractivity contribution >= 4 is 23.7 Å². The lowest BCUT2D eigenvalue weighted by molar-refractivity contribution is -0.126. The van der Waals surface area contributed by atoms with Crippen molar-refractivity contribution in [3.05, 3.63) is 0 Å². The van der Waals surface area contributed by atoms with Crippen LogP contribution in [-0.4, -0.2) is 27.2 Å². The number of carbonyl (C=O) groups is 1. The van der Waals surface area contributed by atoms with Gasteiger partial charge in [-0.3, -0.25) is 4.79 Å². The molecule has 0 radical (unpaired) electrons. The first-order valence-electron chi connectivity index (χ1n) is 3.27. The van der Waals surface area contributed by atoms with Gasteiger partial charge in [-0.15, -0.1) is 0 Å². The molecular weight excluding hydrogens is 225 g/mol. The van der Waals surface area contributed by atoms with E-state index in [9.17, 15) is 25.9 Å². The first-order valence-corrected chi connectivity index (χ1v) is 8.16. The van der Waals surface area contributed by atoms with Gasteiger partial charge in [-0.2, -0.15) is 17.2 Å². The van der Waals surface area contributed by atoms with Crippen LogP contribution in [0.4, 0.5) is 12.7 Å². The molecule has 0 bridgehead atoms. The fourth-order valence-corrected chi connectivity index (χ4v) is 2.93. The average Bonchev–Trinajstić information content (AvgIpc) is 1.81. The van der Waals surface area contributed by atoms with Gasteiger partial charge < -0.3 is 0 Å². The van der Waals surface area contributed by atoms with Crippen molar-refractivity contribution < 1.29 is 25.9 Å². The van der Waals surface area contributed by atoms with Crippen molar-refractivity contribution in [2.45, 2.75) is 24.9 Å². The van der Waals surface area contributed by atoms with E-state index in [1.54, 1.807) is 0 Å². The molecule has 0 aromatic carbocycles. The maximum Gasteiger partial charge on any atom is 0.426 e. The molecular formula is C5H9F3O3SSi. The van der Waals surface area contributed by atoms with Crippen LogP contribution >= 0.6 is 0 Å². The van der Waals surface area contributed by atoms with Crippen molar-refractivity contribution in [1.29, 1.82) is 0 Å². The smallest absolute Gasteiger partial charge is 0.297 e. The van der Waals surface area contributed by atoms with E-state index >= 15 is 0 Å². The van der Waals surface area contributed by atoms with Gasteiger partial charge in [0, 0.05) is 0 Å². The summed E-state index contributed by atoms with van der Waals surface area (Å²) in [5, 5.41) is -6.71. The summed E-state index contributed by atoms with van der Waals surface area (Å²) >= 11 is 0. The fourth-order valence-electron chi connectivity index (χ4n) is 0.547. The molecule has 0 spiro atoms. The molecule has 0 aromatic rings. The summed E-state index contributed by atoms with van der Waals surface area (Å²) in [5.41, 5.74) is 0. The molecule has 0 rings (SSSR count). The molecule has 0 heterocycles. The molecule has 3 nitrogen and oxygen atoms in total. The Labute approximate surface area is 75.2 Å². The molecule has 78 valence electrons. The molecule has 0 aliphatic carbocycles. The molecule has 0 fully saturated rings. The van der Waals surface area contributed by atoms with Gasteiger partial charge >= 0.3 is 15.5 Å². The van der Waals surface area contributed by atoms with Crippen molar-refractivity contribution in [2.75, 3.05) is 0 Å². The van der Waals surface area contributed by atoms with Gasteiger partial charge in [-0.05, 0) is 0 Å². The number of rotatable bonds is 3. The second-order valence-electron chi connectivity index (χ2n) is 3.53. The van der Waals surface area contributed by atoms with E-state index in [4.69, 9.17) is 0 Å². The van der Waals surface area contributed by atoms with Crippen LogP contribution in [0.25, 0.3) is 0 Å². The van der Waals surface area contributed by atoms with E-state index in [1.165, 1.54) is 19.6 Å². The zero-order chi connectivity index (χ0) is 11.1. The highest BCUT2D eigenvalue weighted by atomic mass is 32.3. The summed E-state index contributed by atoms with van der Waals surface area (Å²) in [6.07, 6.45) is 0. The van der Waals surface area contributed by atoms with Gasteiger partial charge in [0.25, 0.3) is 0 Å². The zero-order valence-electron chi connectivity index (χ0n) is 7.27. The van der Waals surface area contributed by atoms with Gasteiger partial charge in [0.2, 0.25) is 0 Å². The molecule has 0 aliphatic rings. The lowest BCUT2D eigenvalue weighted by Crippen LogP contribution is -2.49. The van der Waals surface area contributed by atoms with Crippen LogP contribution in [0.3, 0.4) is 0 Å². The Morgan fingerprint density at radius 1 is 1.23 bits per heavy atom. The quantitative estimate of drug-likeness (QED) is 0.546. The van der Waals surface area contributed by atoms with Gasteiger partial charge in [0.15, 0.2) is 5.41 Å². The summed E-state index contributed by atoms with van der Waals surface area (Å²) in [6, 6.07) is 0. The maximum absolute atomic E-state index is 12.5. The van der Waals surface area contributed by atoms with E-state index in [0.717, 1.165) is 0 Å². The molecule has 8 heteroatoms. The highest BCUT2D eigenvalue weighted by Crippen LogP contribution is 2.28. The predicted molar refractivity (Wildman–Crippen MR) is 43.3 cm³/mol. The summed E-state index contributed by atoms with van der Waals surface area (Å²) in [7, 11) is -9.15. The third kappa shape index (κ3) is 2.53. The second-order valence-corrected chi connectivity index (χ2v) is 9.88. The molecule has 0 N–H and O–H groups in total. The molecule has 0 aromatic heterocycles. The van der Waals surface area contributed by atoms with Crippen molar-refractivity contribution in [3.8, 4) is 0 Å². The third-order valence-electron chi connectivity index (χ3n) is 1.25. The first-order chi connectivity index (χ1) is 5.40. The standard InChI is InChI=1S/C5H9F3O3SSi/c1-13(2,3)4(9)5(6,7)12(8,10)11/h1-3H3. The minimum atomic E-state index is -6.13. The Morgan fingerprint density at radius 2 is 1.54 bits per heavy atom. The summed E-state index contributed by atoms with van der Waals surface area (Å²) < 4.78 is 56.9. The molecule has 0 aliphatic heterocycles. The van der Waals surface area contributed by atoms with Gasteiger partial charge in [-0.25, -0.2) is 0 Å². The number of halogens is 3. The third-order valence-corrected chi connectivity index (χ3v) is 3.91. The van der Waals surface area contributed by atoms with Crippen molar-refractivity contribution in [3.63, 3.8) is 0 Å². The summed E-state index contributed by atoms with van der Waals surface area (Å²) in [6.45, 7) is 3.65. The Morgan fingerprint density at radius 3 is 1.62 bits per heavy atom. The average molecular weight is 234 g/mol. The van der Waals surface area contributed by atoms with Gasteiger partial charge in [0.05, 0.1) is 0 Å². The van der Waals surface area contributed by atoms with Crippen molar-refractivity contribution in [2.24, 2.45) is 0 Å². The van der Waals surface area contributed by atoms with E-state index in [-0.39, 0.29) is 0 Å². The molecule has 0 saturated heterocycles. The van der Waals surface area contributed by atoms with Crippen LogP contribution in [0.15, 0.2) is 0 Å². The Kier molecular flexibility index (Phi) is 3.00. The number of hydrogen-bond acceptors (Lipinski definition) is 3. The molecule has 0 amide bonds. The number of carbonyl (C=O) groups excluding carboxylic acids is 1. The second kappa shape index (κ2) is 3.09. The minimum Gasteiger partial charge on any atom is -0.297 e. The lowest BCUT2D eigenvalue weighted by Gasteiger charge is -2.18. The minimum absolute atomic E-state index is 1.22. The van der Waals surface area contributed by atoms with Crippen LogP contribution in [0, 0.1) is 0 Å². The molecule has 13 heavy (non-hydrogen) atoms. The van der Waals surface area contributed by atoms with Crippen molar-refractivity contribution in [1.82, 2.24) is 0 Å². The SMILES string of the molecule is C[Si](C)(C)C(=O)C(F)(F)S(=O)(=O)F. The first kappa shape index (κ1) is 12.6. The highest BCUT2D eigenvalue weighted by molar-refractivity contribution is 7.88. The number of alkyl halides is 2. The molecule has 0 atom stereocenters. The predicted octanol–water partition coefficient (Wildman–Crippen LogP) is 1.32. The van der Waals surface area contributed by atoms with E-state index in [2.05, 4.69) is 0 Å². The summed E-state index contributed by atoms with van der Waals surface area (Å²) in [5.74, 6) is 0. The maximum atomic E-state index is 12.5. The normalized spacial score (nSPS) is 14.3. The Hall–Kier alpha value is -0.373. The van der Waals surface area contributed by atoms with Crippen LogP contribution in [0.2, 0.25) is 19.6 Å². The molecule has 0 unspecified atom stereocenters. The zero-order valence-corrected chi connectivity index (χ0v) is 9.08. The van der Waals surface area contributed by atoms with E-state index < -0.39 is 29.0 Å². The van der Waals surface area contributed by atoms with Gasteiger partial charge in [0.1, 0.15) is 8.07 Å². The molecule has 0 saturated carbocycles. The Balaban J connectivity index is 5.23. The Bertz CT molecular complexity index is 316. The lowest BCUT2D eigenvalue weighted by atomic mass is 10.8. The van der Waals surface area contributed by atoms with Crippen LogP contribution in [0.5, 0.6) is 0 Å². The number of hydrogen-bond donors (Lipinski definition) is 0. The van der Waals surface area contributed by atoms with E-state index in [0.29, 0.717) is 0 Å². The largest absolute Gasteiger partial charge is 0.426 e. The van der Waals surface area contributed by atoms with Crippen LogP contribution in [0.1, 0.15) is 0 Å². The topological polar surface area (TPSA) is 51.2 Å². The van der Waals surface area contributed by atoms with Crippen LogP contribution in [-0.2, 0) is 15.0 Å². The summed E-state index contributed by atoms with van der Waals surface area (Å²) in [4.78, 5) is 10.8. The van der Waals surface area contributed by atoms with Crippen LogP contribution < -0.4 is 0 Å². The highest BCUT2D eigenvalue weighted by Gasteiger charge is 2.57. The van der Waals surface area contributed by atoms with Gasteiger partial charge in [-0.1, -0.05) is 23.5 Å². The van der Waals surface area contributed by atoms with E-state index in [1.807, 2.05) is 0 Å².